The smallest absolute Gasteiger partial charge is 0.289 e. The van der Waals surface area contributed by atoms with Gasteiger partial charge in [-0.15, -0.1) is 0 Å². The van der Waals surface area contributed by atoms with Crippen LogP contribution in [0.15, 0.2) is 45.5 Å². The fourth-order valence-corrected chi connectivity index (χ4v) is 2.07. The van der Waals surface area contributed by atoms with Crippen LogP contribution in [0.25, 0.3) is 0 Å². The second kappa shape index (κ2) is 5.87. The zero-order valence-electron chi connectivity index (χ0n) is 10.6. The van der Waals surface area contributed by atoms with Crippen LogP contribution >= 0.6 is 15.9 Å². The summed E-state index contributed by atoms with van der Waals surface area (Å²) in [5.41, 5.74) is 0.465. The van der Waals surface area contributed by atoms with Crippen LogP contribution in [0, 0.1) is 10.1 Å². The van der Waals surface area contributed by atoms with E-state index in [-0.39, 0.29) is 23.9 Å². The third-order valence-corrected chi connectivity index (χ3v) is 3.15. The third kappa shape index (κ3) is 3.05. The Kier molecular flexibility index (Phi) is 4.19. The molecule has 104 valence electrons. The number of hydrogen-bond donors (Lipinski definition) is 0. The molecule has 0 saturated carbocycles. The first-order chi connectivity index (χ1) is 9.49. The Morgan fingerprint density at radius 3 is 2.65 bits per heavy atom. The summed E-state index contributed by atoms with van der Waals surface area (Å²) in [6.07, 6.45) is 0. The number of carbonyl (C=O) groups is 1. The minimum atomic E-state index is -0.461. The van der Waals surface area contributed by atoms with Gasteiger partial charge in [0.1, 0.15) is 0 Å². The molecule has 0 aliphatic heterocycles. The summed E-state index contributed by atoms with van der Waals surface area (Å²) in [6, 6.07) is 9.49. The molecule has 0 fully saturated rings. The minimum absolute atomic E-state index is 0.00669. The van der Waals surface area contributed by atoms with E-state index in [9.17, 15) is 14.9 Å². The van der Waals surface area contributed by atoms with Gasteiger partial charge in [0, 0.05) is 18.7 Å². The fourth-order valence-electron chi connectivity index (χ4n) is 1.77. The average Bonchev–Trinajstić information content (AvgIpc) is 2.84. The van der Waals surface area contributed by atoms with Gasteiger partial charge in [-0.3, -0.25) is 14.9 Å². The number of nitro groups is 1. The summed E-state index contributed by atoms with van der Waals surface area (Å²) in [7, 11) is 1.56. The second-order valence-electron chi connectivity index (χ2n) is 4.15. The molecule has 2 rings (SSSR count). The predicted molar refractivity (Wildman–Crippen MR) is 75.3 cm³/mol. The van der Waals surface area contributed by atoms with Gasteiger partial charge in [0.25, 0.3) is 11.6 Å². The van der Waals surface area contributed by atoms with Gasteiger partial charge in [-0.2, -0.15) is 0 Å². The summed E-state index contributed by atoms with van der Waals surface area (Å²) in [5.74, 6) is -0.160. The SMILES string of the molecule is CN(Cc1ccccc1[N+](=O)[O-])C(=O)c1ccc(Br)o1. The van der Waals surface area contributed by atoms with Crippen LogP contribution in [-0.4, -0.2) is 22.8 Å². The highest BCUT2D eigenvalue weighted by Gasteiger charge is 2.19. The Hall–Kier alpha value is -2.15. The second-order valence-corrected chi connectivity index (χ2v) is 4.93. The molecule has 0 unspecified atom stereocenters. The molecule has 1 heterocycles. The van der Waals surface area contributed by atoms with E-state index >= 15 is 0 Å². The molecule has 7 heteroatoms. The molecule has 0 atom stereocenters. The molecule has 1 aromatic carbocycles. The maximum Gasteiger partial charge on any atom is 0.289 e. The van der Waals surface area contributed by atoms with Gasteiger partial charge >= 0.3 is 0 Å². The van der Waals surface area contributed by atoms with Crippen molar-refractivity contribution in [3.8, 4) is 0 Å². The van der Waals surface area contributed by atoms with Crippen molar-refractivity contribution in [3.63, 3.8) is 0 Å². The van der Waals surface area contributed by atoms with E-state index in [0.29, 0.717) is 10.2 Å². The summed E-state index contributed by atoms with van der Waals surface area (Å²) in [5, 5.41) is 10.9. The van der Waals surface area contributed by atoms with Gasteiger partial charge in [0.2, 0.25) is 0 Å². The number of hydrogen-bond acceptors (Lipinski definition) is 4. The Bertz CT molecular complexity index is 653. The number of halogens is 1. The third-order valence-electron chi connectivity index (χ3n) is 2.73. The van der Waals surface area contributed by atoms with E-state index in [1.807, 2.05) is 0 Å². The van der Waals surface area contributed by atoms with Crippen molar-refractivity contribution in [3.05, 3.63) is 62.5 Å². The van der Waals surface area contributed by atoms with E-state index in [0.717, 1.165) is 0 Å². The summed E-state index contributed by atoms with van der Waals surface area (Å²) in [4.78, 5) is 23.9. The standard InChI is InChI=1S/C13H11BrN2O4/c1-15(13(17)11-6-7-12(14)20-11)8-9-4-2-3-5-10(9)16(18)19/h2-7H,8H2,1H3. The Labute approximate surface area is 123 Å². The Balaban J connectivity index is 2.18. The number of rotatable bonds is 4. The van der Waals surface area contributed by atoms with E-state index < -0.39 is 4.92 Å². The minimum Gasteiger partial charge on any atom is -0.444 e. The molecule has 0 N–H and O–H groups in total. The maximum atomic E-state index is 12.1. The van der Waals surface area contributed by atoms with Crippen LogP contribution in [0.1, 0.15) is 16.1 Å². The Morgan fingerprint density at radius 2 is 2.05 bits per heavy atom. The molecule has 1 amide bonds. The van der Waals surface area contributed by atoms with Gasteiger partial charge < -0.3 is 9.32 Å². The molecule has 20 heavy (non-hydrogen) atoms. The number of carbonyl (C=O) groups excluding carboxylic acids is 1. The highest BCUT2D eigenvalue weighted by atomic mass is 79.9. The molecule has 1 aromatic heterocycles. The normalized spacial score (nSPS) is 10.3. The van der Waals surface area contributed by atoms with E-state index in [1.165, 1.54) is 11.0 Å². The zero-order valence-corrected chi connectivity index (χ0v) is 12.2. The average molecular weight is 339 g/mol. The van der Waals surface area contributed by atoms with E-state index in [2.05, 4.69) is 15.9 Å². The number of nitrogens with zero attached hydrogens (tertiary/aromatic N) is 2. The van der Waals surface area contributed by atoms with Crippen molar-refractivity contribution in [1.82, 2.24) is 4.90 Å². The molecule has 0 spiro atoms. The van der Waals surface area contributed by atoms with E-state index in [4.69, 9.17) is 4.42 Å². The van der Waals surface area contributed by atoms with Crippen LogP contribution < -0.4 is 0 Å². The first-order valence-electron chi connectivity index (χ1n) is 5.72. The van der Waals surface area contributed by atoms with Crippen molar-refractivity contribution in [2.45, 2.75) is 6.54 Å². The molecular formula is C13H11BrN2O4. The van der Waals surface area contributed by atoms with E-state index in [1.54, 1.807) is 37.4 Å². The number of furan rings is 1. The van der Waals surface area contributed by atoms with Gasteiger partial charge in [-0.1, -0.05) is 18.2 Å². The topological polar surface area (TPSA) is 76.6 Å². The molecular weight excluding hydrogens is 328 g/mol. The summed E-state index contributed by atoms with van der Waals surface area (Å²) < 4.78 is 5.63. The summed E-state index contributed by atoms with van der Waals surface area (Å²) >= 11 is 3.12. The first kappa shape index (κ1) is 14.3. The molecule has 0 aliphatic rings. The van der Waals surface area contributed by atoms with Gasteiger partial charge in [-0.25, -0.2) is 0 Å². The van der Waals surface area contributed by atoms with Gasteiger partial charge in [0.15, 0.2) is 10.4 Å². The van der Waals surface area contributed by atoms with Gasteiger partial charge in [-0.05, 0) is 28.1 Å². The van der Waals surface area contributed by atoms with Crippen molar-refractivity contribution in [1.29, 1.82) is 0 Å². The monoisotopic (exact) mass is 338 g/mol. The molecule has 6 nitrogen and oxygen atoms in total. The quantitative estimate of drug-likeness (QED) is 0.633. The van der Waals surface area contributed by atoms with Crippen LogP contribution in [0.2, 0.25) is 0 Å². The lowest BCUT2D eigenvalue weighted by Crippen LogP contribution is -2.26. The lowest BCUT2D eigenvalue weighted by Gasteiger charge is -2.15. The lowest BCUT2D eigenvalue weighted by atomic mass is 10.1. The summed E-state index contributed by atoms with van der Waals surface area (Å²) in [6.45, 7) is 0.133. The lowest BCUT2D eigenvalue weighted by molar-refractivity contribution is -0.385. The molecule has 0 radical (unpaired) electrons. The maximum absolute atomic E-state index is 12.1. The first-order valence-corrected chi connectivity index (χ1v) is 6.51. The fraction of sp³-hybridized carbons (Fsp3) is 0.154. The Morgan fingerprint density at radius 1 is 1.35 bits per heavy atom. The number of nitro benzene ring substituents is 1. The van der Waals surface area contributed by atoms with Crippen LogP contribution in [0.3, 0.4) is 0 Å². The van der Waals surface area contributed by atoms with Crippen molar-refractivity contribution in [2.75, 3.05) is 7.05 Å². The van der Waals surface area contributed by atoms with Crippen LogP contribution in [0.5, 0.6) is 0 Å². The highest BCUT2D eigenvalue weighted by molar-refractivity contribution is 9.10. The molecule has 0 bridgehead atoms. The number of para-hydroxylation sites is 1. The predicted octanol–water partition coefficient (Wildman–Crippen LogP) is 3.22. The van der Waals surface area contributed by atoms with Crippen LogP contribution in [0.4, 0.5) is 5.69 Å². The van der Waals surface area contributed by atoms with Gasteiger partial charge in [0.05, 0.1) is 11.5 Å². The molecule has 0 saturated heterocycles. The highest BCUT2D eigenvalue weighted by Crippen LogP contribution is 2.21. The molecule has 2 aromatic rings. The van der Waals surface area contributed by atoms with Crippen molar-refractivity contribution >= 4 is 27.5 Å². The zero-order chi connectivity index (χ0) is 14.7. The number of amides is 1. The number of benzene rings is 1. The van der Waals surface area contributed by atoms with Crippen molar-refractivity contribution < 1.29 is 14.1 Å². The van der Waals surface area contributed by atoms with Crippen LogP contribution in [-0.2, 0) is 6.54 Å². The van der Waals surface area contributed by atoms with Crippen molar-refractivity contribution in [2.24, 2.45) is 0 Å². The largest absolute Gasteiger partial charge is 0.444 e. The molecule has 0 aliphatic carbocycles.